The quantitative estimate of drug-likeness (QED) is 0.639. The monoisotopic (exact) mass is 286 g/mol. The Morgan fingerprint density at radius 2 is 2.00 bits per heavy atom. The number of nitrogens with two attached hydrogens (primary N) is 1. The van der Waals surface area contributed by atoms with Gasteiger partial charge in [-0.1, -0.05) is 18.2 Å². The molecule has 0 saturated carbocycles. The van der Waals surface area contributed by atoms with E-state index in [4.69, 9.17) is 15.3 Å². The zero-order valence-corrected chi connectivity index (χ0v) is 11.8. The van der Waals surface area contributed by atoms with Crippen LogP contribution in [0, 0.1) is 0 Å². The maximum atomic E-state index is 9.64. The standard InChI is InChI=1S/C16H18N2O3/c1-18(8-10(20)9-19)13-7-6-12(17)16-15(13)11-4-2-3-5-14(11)21-16/h2-7,10,19-20H,8-9,17H2,1H3. The molecule has 0 spiro atoms. The molecule has 0 fully saturated rings. The molecule has 2 aromatic carbocycles. The van der Waals surface area contributed by atoms with Gasteiger partial charge in [-0.2, -0.15) is 0 Å². The molecule has 21 heavy (non-hydrogen) atoms. The topological polar surface area (TPSA) is 82.9 Å². The maximum absolute atomic E-state index is 9.64. The lowest BCUT2D eigenvalue weighted by Gasteiger charge is -2.22. The zero-order valence-electron chi connectivity index (χ0n) is 11.8. The number of nitrogen functional groups attached to an aromatic ring is 1. The molecule has 1 heterocycles. The summed E-state index contributed by atoms with van der Waals surface area (Å²) >= 11 is 0. The van der Waals surface area contributed by atoms with Crippen LogP contribution in [-0.4, -0.2) is 36.5 Å². The average Bonchev–Trinajstić information content (AvgIpc) is 2.88. The van der Waals surface area contributed by atoms with Gasteiger partial charge in [0.15, 0.2) is 5.58 Å². The van der Waals surface area contributed by atoms with Gasteiger partial charge in [-0.3, -0.25) is 0 Å². The second-order valence-electron chi connectivity index (χ2n) is 5.19. The number of aliphatic hydroxyl groups is 2. The highest BCUT2D eigenvalue weighted by molar-refractivity contribution is 6.14. The van der Waals surface area contributed by atoms with Crippen molar-refractivity contribution in [3.63, 3.8) is 0 Å². The largest absolute Gasteiger partial charge is 0.454 e. The fourth-order valence-electron chi connectivity index (χ4n) is 2.62. The summed E-state index contributed by atoms with van der Waals surface area (Å²) in [4.78, 5) is 1.89. The van der Waals surface area contributed by atoms with Crippen molar-refractivity contribution >= 4 is 33.3 Å². The summed E-state index contributed by atoms with van der Waals surface area (Å²) in [7, 11) is 1.87. The predicted octanol–water partition coefficient (Wildman–Crippen LogP) is 1.96. The molecule has 4 N–H and O–H groups in total. The minimum atomic E-state index is -0.791. The molecule has 0 aliphatic heterocycles. The molecule has 1 aromatic heterocycles. The van der Waals surface area contributed by atoms with Gasteiger partial charge in [0.1, 0.15) is 5.58 Å². The van der Waals surface area contributed by atoms with Crippen molar-refractivity contribution in [3.8, 4) is 0 Å². The van der Waals surface area contributed by atoms with E-state index in [0.717, 1.165) is 22.0 Å². The second kappa shape index (κ2) is 5.27. The summed E-state index contributed by atoms with van der Waals surface area (Å²) in [6.45, 7) is 0.0591. The smallest absolute Gasteiger partial charge is 0.160 e. The number of hydrogen-bond acceptors (Lipinski definition) is 5. The maximum Gasteiger partial charge on any atom is 0.160 e. The Hall–Kier alpha value is -2.24. The Morgan fingerprint density at radius 1 is 1.24 bits per heavy atom. The van der Waals surface area contributed by atoms with Gasteiger partial charge in [0.05, 0.1) is 23.8 Å². The molecule has 5 nitrogen and oxygen atoms in total. The Kier molecular flexibility index (Phi) is 3.45. The minimum Gasteiger partial charge on any atom is -0.454 e. The lowest BCUT2D eigenvalue weighted by molar-refractivity contribution is 0.101. The van der Waals surface area contributed by atoms with Gasteiger partial charge in [-0.15, -0.1) is 0 Å². The van der Waals surface area contributed by atoms with E-state index in [0.29, 0.717) is 17.8 Å². The molecule has 3 aromatic rings. The lowest BCUT2D eigenvalue weighted by atomic mass is 10.1. The van der Waals surface area contributed by atoms with E-state index in [2.05, 4.69) is 0 Å². The third-order valence-corrected chi connectivity index (χ3v) is 3.64. The summed E-state index contributed by atoms with van der Waals surface area (Å²) in [5, 5.41) is 20.6. The van der Waals surface area contributed by atoms with Crippen molar-refractivity contribution < 1.29 is 14.6 Å². The Labute approximate surface area is 122 Å². The molecule has 0 radical (unpaired) electrons. The van der Waals surface area contributed by atoms with Crippen molar-refractivity contribution in [2.75, 3.05) is 30.8 Å². The molecule has 1 atom stereocenters. The molecule has 3 rings (SSSR count). The SMILES string of the molecule is CN(CC(O)CO)c1ccc(N)c2oc3ccccc3c12. The molecular formula is C16H18N2O3. The van der Waals surface area contributed by atoms with Crippen LogP contribution < -0.4 is 10.6 Å². The first kappa shape index (κ1) is 13.7. The second-order valence-corrected chi connectivity index (χ2v) is 5.19. The predicted molar refractivity (Wildman–Crippen MR) is 84.5 cm³/mol. The highest BCUT2D eigenvalue weighted by Crippen LogP contribution is 2.38. The summed E-state index contributed by atoms with van der Waals surface area (Å²) in [5.74, 6) is 0. The first-order chi connectivity index (χ1) is 10.1. The van der Waals surface area contributed by atoms with Crippen molar-refractivity contribution in [2.24, 2.45) is 0 Å². The van der Waals surface area contributed by atoms with Gasteiger partial charge in [-0.05, 0) is 18.2 Å². The minimum absolute atomic E-state index is 0.269. The van der Waals surface area contributed by atoms with Crippen LogP contribution in [0.2, 0.25) is 0 Å². The van der Waals surface area contributed by atoms with E-state index in [-0.39, 0.29) is 6.61 Å². The van der Waals surface area contributed by atoms with E-state index in [9.17, 15) is 5.11 Å². The number of nitrogens with zero attached hydrogens (tertiary/aromatic N) is 1. The van der Waals surface area contributed by atoms with Crippen LogP contribution in [0.5, 0.6) is 0 Å². The molecule has 0 aliphatic carbocycles. The fourth-order valence-corrected chi connectivity index (χ4v) is 2.62. The molecule has 110 valence electrons. The van der Waals surface area contributed by atoms with Crippen LogP contribution in [0.1, 0.15) is 0 Å². The van der Waals surface area contributed by atoms with E-state index in [1.807, 2.05) is 42.3 Å². The van der Waals surface area contributed by atoms with Gasteiger partial charge in [0.2, 0.25) is 0 Å². The van der Waals surface area contributed by atoms with Crippen molar-refractivity contribution in [1.29, 1.82) is 0 Å². The molecule has 5 heteroatoms. The van der Waals surface area contributed by atoms with Crippen molar-refractivity contribution in [2.45, 2.75) is 6.10 Å². The number of para-hydroxylation sites is 1. The van der Waals surface area contributed by atoms with E-state index >= 15 is 0 Å². The number of fused-ring (bicyclic) bond motifs is 3. The number of furan rings is 1. The summed E-state index contributed by atoms with van der Waals surface area (Å²) in [6, 6.07) is 11.5. The molecule has 0 bridgehead atoms. The molecule has 0 saturated heterocycles. The zero-order chi connectivity index (χ0) is 15.0. The fraction of sp³-hybridized carbons (Fsp3) is 0.250. The number of hydrogen-bond donors (Lipinski definition) is 3. The Balaban J connectivity index is 2.21. The summed E-state index contributed by atoms with van der Waals surface area (Å²) < 4.78 is 5.84. The van der Waals surface area contributed by atoms with E-state index in [1.165, 1.54) is 0 Å². The molecule has 0 amide bonds. The van der Waals surface area contributed by atoms with Crippen LogP contribution in [0.25, 0.3) is 21.9 Å². The number of benzene rings is 2. The van der Waals surface area contributed by atoms with E-state index in [1.54, 1.807) is 6.07 Å². The normalized spacial score (nSPS) is 12.9. The molecule has 1 unspecified atom stereocenters. The average molecular weight is 286 g/mol. The first-order valence-electron chi connectivity index (χ1n) is 6.81. The van der Waals surface area contributed by atoms with Gasteiger partial charge in [-0.25, -0.2) is 0 Å². The summed E-state index contributed by atoms with van der Waals surface area (Å²) in [5.41, 5.74) is 8.94. The van der Waals surface area contributed by atoms with E-state index < -0.39 is 6.10 Å². The van der Waals surface area contributed by atoms with Crippen LogP contribution in [0.15, 0.2) is 40.8 Å². The summed E-state index contributed by atoms with van der Waals surface area (Å²) in [6.07, 6.45) is -0.791. The van der Waals surface area contributed by atoms with Gasteiger partial charge in [0, 0.05) is 24.7 Å². The third kappa shape index (κ3) is 2.30. The number of aliphatic hydroxyl groups excluding tert-OH is 2. The molecule has 0 aliphatic rings. The van der Waals surface area contributed by atoms with Crippen LogP contribution in [0.4, 0.5) is 11.4 Å². The Morgan fingerprint density at radius 3 is 2.76 bits per heavy atom. The van der Waals surface area contributed by atoms with Gasteiger partial charge in [0.25, 0.3) is 0 Å². The lowest BCUT2D eigenvalue weighted by Crippen LogP contribution is -2.31. The highest BCUT2D eigenvalue weighted by Gasteiger charge is 2.17. The third-order valence-electron chi connectivity index (χ3n) is 3.64. The van der Waals surface area contributed by atoms with Crippen LogP contribution in [0.3, 0.4) is 0 Å². The van der Waals surface area contributed by atoms with Crippen molar-refractivity contribution in [3.05, 3.63) is 36.4 Å². The van der Waals surface area contributed by atoms with Crippen molar-refractivity contribution in [1.82, 2.24) is 0 Å². The van der Waals surface area contributed by atoms with Crippen LogP contribution >= 0.6 is 0 Å². The number of anilines is 2. The Bertz CT molecular complexity index is 782. The molecular weight excluding hydrogens is 268 g/mol. The first-order valence-corrected chi connectivity index (χ1v) is 6.81. The highest BCUT2D eigenvalue weighted by atomic mass is 16.3. The van der Waals surface area contributed by atoms with Gasteiger partial charge < -0.3 is 25.3 Å². The number of likely N-dealkylation sites (N-methyl/N-ethyl adjacent to an activating group) is 1. The van der Waals surface area contributed by atoms with Gasteiger partial charge >= 0.3 is 0 Å². The number of rotatable bonds is 4. The van der Waals surface area contributed by atoms with Crippen LogP contribution in [-0.2, 0) is 0 Å².